The van der Waals surface area contributed by atoms with Crippen LogP contribution in [0, 0.1) is 11.3 Å². The molecule has 7 nitrogen and oxygen atoms in total. The Bertz CT molecular complexity index is 868. The lowest BCUT2D eigenvalue weighted by atomic mass is 9.98. The minimum absolute atomic E-state index is 0.101. The molecule has 0 aliphatic rings. The number of esters is 1. The van der Waals surface area contributed by atoms with Gasteiger partial charge in [0.1, 0.15) is 11.2 Å². The fraction of sp³-hybridized carbons (Fsp3) is 0.474. The topological polar surface area (TPSA) is 95.9 Å². The molecule has 0 aliphatic carbocycles. The van der Waals surface area contributed by atoms with Crippen molar-refractivity contribution in [1.82, 2.24) is 10.4 Å². The number of ether oxygens (including phenoxy) is 1. The van der Waals surface area contributed by atoms with Gasteiger partial charge in [-0.15, -0.1) is 0 Å². The number of rotatable bonds is 7. The minimum Gasteiger partial charge on any atom is -0.574 e. The van der Waals surface area contributed by atoms with Gasteiger partial charge in [0, 0.05) is 10.2 Å². The van der Waals surface area contributed by atoms with Gasteiger partial charge in [-0.05, 0) is 41.7 Å². The Morgan fingerprint density at radius 3 is 2.68 bits per heavy atom. The van der Waals surface area contributed by atoms with E-state index < -0.39 is 20.2 Å². The summed E-state index contributed by atoms with van der Waals surface area (Å²) in [6.07, 6.45) is 0. The summed E-state index contributed by atoms with van der Waals surface area (Å²) in [5, 5.41) is 1.19. The summed E-state index contributed by atoms with van der Waals surface area (Å²) < 4.78 is 10.7. The van der Waals surface area contributed by atoms with Crippen LogP contribution in [0.3, 0.4) is 0 Å². The monoisotopic (exact) mass is 425 g/mol. The van der Waals surface area contributed by atoms with Crippen LogP contribution < -0.4 is 14.8 Å². The number of pyridine rings is 1. The molecule has 2 aromatic rings. The van der Waals surface area contributed by atoms with E-state index in [9.17, 15) is 9.69 Å². The van der Waals surface area contributed by atoms with Crippen LogP contribution in [0.5, 0.6) is 5.75 Å². The normalized spacial score (nSPS) is 13.6. The SMILES string of the molecule is CC(C)[C@@H](N/N=[P+](\[O-])Oc1ccc2nc(Cl)ccc2c1)C(=O)OCC(C)(C)C. The van der Waals surface area contributed by atoms with Crippen molar-refractivity contribution in [2.75, 3.05) is 6.61 Å². The third-order valence-corrected chi connectivity index (χ3v) is 4.51. The largest absolute Gasteiger partial charge is 0.574 e. The lowest BCUT2D eigenvalue weighted by Crippen LogP contribution is -2.40. The number of hydrogen-bond donors (Lipinski definition) is 1. The highest BCUT2D eigenvalue weighted by molar-refractivity contribution is 7.33. The number of benzene rings is 1. The van der Waals surface area contributed by atoms with Crippen LogP contribution in [0.25, 0.3) is 10.9 Å². The molecule has 0 radical (unpaired) electrons. The Labute approximate surface area is 171 Å². The van der Waals surface area contributed by atoms with Crippen molar-refractivity contribution in [1.29, 1.82) is 0 Å². The van der Waals surface area contributed by atoms with E-state index in [-0.39, 0.29) is 17.9 Å². The van der Waals surface area contributed by atoms with Gasteiger partial charge in [0.15, 0.2) is 5.75 Å². The summed E-state index contributed by atoms with van der Waals surface area (Å²) in [5.41, 5.74) is 3.19. The molecule has 2 rings (SSSR count). The molecule has 1 unspecified atom stereocenters. The minimum atomic E-state index is -2.42. The second-order valence-corrected chi connectivity index (χ2v) is 9.18. The molecule has 28 heavy (non-hydrogen) atoms. The van der Waals surface area contributed by atoms with Gasteiger partial charge in [0.2, 0.25) is 0 Å². The smallest absolute Gasteiger partial charge is 0.412 e. The number of carbonyl (C=O) groups excluding carboxylic acids is 1. The average Bonchev–Trinajstić information content (AvgIpc) is 2.59. The molecule has 0 fully saturated rings. The van der Waals surface area contributed by atoms with E-state index in [1.807, 2.05) is 34.6 Å². The molecule has 1 aromatic heterocycles. The van der Waals surface area contributed by atoms with Crippen LogP contribution in [0.15, 0.2) is 35.2 Å². The fourth-order valence-electron chi connectivity index (χ4n) is 2.21. The molecule has 0 saturated carbocycles. The van der Waals surface area contributed by atoms with Crippen LogP contribution >= 0.6 is 19.8 Å². The van der Waals surface area contributed by atoms with E-state index in [0.29, 0.717) is 16.4 Å². The number of fused-ring (bicyclic) bond motifs is 1. The number of halogens is 1. The summed E-state index contributed by atoms with van der Waals surface area (Å²) in [5.74, 6) is -0.165. The maximum atomic E-state index is 12.3. The average molecular weight is 426 g/mol. The molecule has 0 saturated heterocycles. The second-order valence-electron chi connectivity index (χ2n) is 7.94. The molecule has 1 N–H and O–H groups in total. The first-order valence-electron chi connectivity index (χ1n) is 8.89. The number of nitrogens with zero attached hydrogens (tertiary/aromatic N) is 2. The standard InChI is InChI=1S/C19H25ClN3O4P/c1-12(2)17(18(24)26-11-19(3,4)5)22-23-28(25)27-14-7-8-15-13(10-14)6-9-16(20)21-15/h6-10,12,17,22H,11H2,1-5H3/t17-/m1/s1. The van der Waals surface area contributed by atoms with Crippen molar-refractivity contribution >= 4 is 36.6 Å². The Morgan fingerprint density at radius 1 is 1.32 bits per heavy atom. The second kappa shape index (κ2) is 9.61. The van der Waals surface area contributed by atoms with Crippen molar-refractivity contribution in [2.24, 2.45) is 16.2 Å². The Kier molecular flexibility index (Phi) is 7.72. The highest BCUT2D eigenvalue weighted by Crippen LogP contribution is 2.27. The van der Waals surface area contributed by atoms with Crippen LogP contribution in [0.1, 0.15) is 34.6 Å². The van der Waals surface area contributed by atoms with Gasteiger partial charge in [0.05, 0.1) is 12.1 Å². The number of hydrogen-bond acceptors (Lipinski definition) is 6. The maximum absolute atomic E-state index is 12.3. The van der Waals surface area contributed by atoms with Gasteiger partial charge in [-0.1, -0.05) is 46.2 Å². The lowest BCUT2D eigenvalue weighted by Gasteiger charge is -2.22. The molecule has 0 bridgehead atoms. The molecule has 9 heteroatoms. The number of nitrogens with one attached hydrogen (secondary N) is 1. The highest BCUT2D eigenvalue weighted by atomic mass is 35.5. The van der Waals surface area contributed by atoms with E-state index in [0.717, 1.165) is 5.39 Å². The zero-order valence-electron chi connectivity index (χ0n) is 16.6. The Morgan fingerprint density at radius 2 is 2.04 bits per heavy atom. The predicted octanol–water partition coefficient (Wildman–Crippen LogP) is 4.24. The molecule has 2 atom stereocenters. The Balaban J connectivity index is 2.02. The summed E-state index contributed by atoms with van der Waals surface area (Å²) >= 11 is 5.86. The number of aromatic nitrogens is 1. The summed E-state index contributed by atoms with van der Waals surface area (Å²) in [6, 6.07) is 7.78. The third kappa shape index (κ3) is 6.99. The molecule has 0 aliphatic heterocycles. The van der Waals surface area contributed by atoms with E-state index >= 15 is 0 Å². The molecular formula is C19H25ClN3O4P. The fourth-order valence-corrected chi connectivity index (χ4v) is 2.91. The van der Waals surface area contributed by atoms with E-state index in [4.69, 9.17) is 20.9 Å². The molecular weight excluding hydrogens is 401 g/mol. The van der Waals surface area contributed by atoms with E-state index in [1.165, 1.54) is 0 Å². The van der Waals surface area contributed by atoms with Crippen LogP contribution in [0.4, 0.5) is 0 Å². The first kappa shape index (κ1) is 22.5. The lowest BCUT2D eigenvalue weighted by molar-refractivity contribution is -0.169. The van der Waals surface area contributed by atoms with Crippen molar-refractivity contribution in [3.05, 3.63) is 35.5 Å². The molecule has 0 spiro atoms. The molecule has 152 valence electrons. The zero-order chi connectivity index (χ0) is 20.9. The van der Waals surface area contributed by atoms with Crippen LogP contribution in [0.2, 0.25) is 5.15 Å². The number of carbonyl (C=O) groups is 1. The van der Waals surface area contributed by atoms with Crippen molar-refractivity contribution in [3.8, 4) is 5.75 Å². The van der Waals surface area contributed by atoms with Gasteiger partial charge in [-0.3, -0.25) is 9.32 Å². The maximum Gasteiger partial charge on any atom is 0.412 e. The molecule has 1 heterocycles. The quantitative estimate of drug-likeness (QED) is 0.308. The zero-order valence-corrected chi connectivity index (χ0v) is 18.3. The van der Waals surface area contributed by atoms with Crippen molar-refractivity contribution < 1.29 is 18.9 Å². The van der Waals surface area contributed by atoms with Gasteiger partial charge in [0.25, 0.3) is 0 Å². The first-order chi connectivity index (χ1) is 13.0. The Hall–Kier alpha value is -1.79. The van der Waals surface area contributed by atoms with E-state index in [1.54, 1.807) is 30.3 Å². The summed E-state index contributed by atoms with van der Waals surface area (Å²) in [6.45, 7) is 9.90. The van der Waals surface area contributed by atoms with E-state index in [2.05, 4.69) is 15.3 Å². The van der Waals surface area contributed by atoms with Gasteiger partial charge in [-0.25, -0.2) is 4.98 Å². The first-order valence-corrected chi connectivity index (χ1v) is 10.4. The van der Waals surface area contributed by atoms with Crippen LogP contribution in [-0.2, 0) is 9.53 Å². The van der Waals surface area contributed by atoms with Gasteiger partial charge < -0.3 is 9.63 Å². The van der Waals surface area contributed by atoms with Crippen molar-refractivity contribution in [3.63, 3.8) is 0 Å². The third-order valence-electron chi connectivity index (χ3n) is 3.66. The van der Waals surface area contributed by atoms with Crippen molar-refractivity contribution in [2.45, 2.75) is 40.7 Å². The van der Waals surface area contributed by atoms with Crippen LogP contribution in [-0.4, -0.2) is 23.6 Å². The van der Waals surface area contributed by atoms with Gasteiger partial charge in [-0.2, -0.15) is 5.43 Å². The molecule has 1 aromatic carbocycles. The summed E-state index contributed by atoms with van der Waals surface area (Å²) in [7, 11) is -2.42. The van der Waals surface area contributed by atoms with Gasteiger partial charge >= 0.3 is 14.1 Å². The predicted molar refractivity (Wildman–Crippen MR) is 109 cm³/mol. The highest BCUT2D eigenvalue weighted by Gasteiger charge is 2.26. The molecule has 0 amide bonds. The summed E-state index contributed by atoms with van der Waals surface area (Å²) in [4.78, 5) is 32.4.